The molecule has 0 radical (unpaired) electrons. The third-order valence-corrected chi connectivity index (χ3v) is 5.80. The van der Waals surface area contributed by atoms with Crippen molar-refractivity contribution in [3.8, 4) is 17.6 Å². The van der Waals surface area contributed by atoms with Gasteiger partial charge in [-0.2, -0.15) is 0 Å². The van der Waals surface area contributed by atoms with Crippen LogP contribution in [0.4, 0.5) is 5.69 Å². The first-order chi connectivity index (χ1) is 17.2. The smallest absolute Gasteiger partial charge is 0.341 e. The van der Waals surface area contributed by atoms with E-state index in [0.717, 1.165) is 24.0 Å². The van der Waals surface area contributed by atoms with Crippen molar-refractivity contribution in [3.05, 3.63) is 58.7 Å². The summed E-state index contributed by atoms with van der Waals surface area (Å²) >= 11 is 0. The molecule has 0 aliphatic rings. The van der Waals surface area contributed by atoms with Gasteiger partial charge in [-0.15, -0.1) is 0 Å². The normalized spacial score (nSPS) is 10.3. The third kappa shape index (κ3) is 8.77. The number of nitrogens with zero attached hydrogens (tertiary/aromatic N) is 1. The van der Waals surface area contributed by atoms with Crippen molar-refractivity contribution in [1.82, 2.24) is 0 Å². The number of ether oxygens (including phenoxy) is 1. The highest BCUT2D eigenvalue weighted by molar-refractivity contribution is 5.96. The van der Waals surface area contributed by atoms with Crippen LogP contribution < -0.4 is 9.64 Å². The van der Waals surface area contributed by atoms with Crippen molar-refractivity contribution in [2.75, 3.05) is 11.5 Å². The first kappa shape index (κ1) is 28.4. The lowest BCUT2D eigenvalue weighted by Gasteiger charge is -2.25. The van der Waals surface area contributed by atoms with Crippen molar-refractivity contribution in [2.24, 2.45) is 0 Å². The molecule has 0 aliphatic carbocycles. The predicted molar refractivity (Wildman–Crippen MR) is 139 cm³/mol. The van der Waals surface area contributed by atoms with Crippen LogP contribution >= 0.6 is 0 Å². The first-order valence-corrected chi connectivity index (χ1v) is 12.3. The molecule has 2 N–H and O–H groups in total. The number of aromatic carboxylic acids is 1. The number of carbonyl (C=O) groups excluding carboxylic acids is 1. The number of amides is 1. The Hall–Kier alpha value is -3.79. The summed E-state index contributed by atoms with van der Waals surface area (Å²) in [6.07, 6.45) is 8.31. The minimum atomic E-state index is -1.24. The van der Waals surface area contributed by atoms with Gasteiger partial charge in [0.25, 0.3) is 0 Å². The van der Waals surface area contributed by atoms with Gasteiger partial charge >= 0.3 is 11.9 Å². The maximum atomic E-state index is 12.5. The topological polar surface area (TPSA) is 104 Å². The molecule has 0 atom stereocenters. The molecular weight excluding hydrogens is 458 g/mol. The molecule has 7 nitrogen and oxygen atoms in total. The molecule has 2 rings (SSSR count). The van der Waals surface area contributed by atoms with Crippen molar-refractivity contribution >= 4 is 23.5 Å². The zero-order valence-electron chi connectivity index (χ0n) is 21.3. The molecule has 7 heteroatoms. The third-order valence-electron chi connectivity index (χ3n) is 5.80. The minimum Gasteiger partial charge on any atom is -0.481 e. The van der Waals surface area contributed by atoms with E-state index in [2.05, 4.69) is 18.8 Å². The van der Waals surface area contributed by atoms with Crippen LogP contribution in [0.5, 0.6) is 5.75 Å². The van der Waals surface area contributed by atoms with Crippen molar-refractivity contribution in [2.45, 2.75) is 72.3 Å². The quantitative estimate of drug-likeness (QED) is 0.269. The molecule has 0 aromatic heterocycles. The fraction of sp³-hybridized carbons (Fsp3) is 0.414. The second-order valence-corrected chi connectivity index (χ2v) is 8.70. The van der Waals surface area contributed by atoms with Crippen molar-refractivity contribution < 1.29 is 29.3 Å². The first-order valence-electron chi connectivity index (χ1n) is 12.3. The standard InChI is InChI=1S/C29H35NO6/c1-4-5-6-7-8-9-10-11-12-23-13-15-24(16-14-23)19-30(22(3)31)26-18-17-25(29(34)35)28(21(26)2)36-20-27(32)33/h13-18H,4-10,19-20H2,1-3H3,(H,32,33)(H,34,35). The van der Waals surface area contributed by atoms with E-state index in [0.29, 0.717) is 11.3 Å². The monoisotopic (exact) mass is 493 g/mol. The Morgan fingerprint density at radius 2 is 1.61 bits per heavy atom. The molecule has 0 fully saturated rings. The average Bonchev–Trinajstić information content (AvgIpc) is 2.84. The van der Waals surface area contributed by atoms with Crippen LogP contribution in [0.15, 0.2) is 36.4 Å². The summed E-state index contributed by atoms with van der Waals surface area (Å²) in [5.74, 6) is 3.64. The summed E-state index contributed by atoms with van der Waals surface area (Å²) in [6, 6.07) is 10.5. The molecule has 2 aromatic carbocycles. The summed E-state index contributed by atoms with van der Waals surface area (Å²) in [5, 5.41) is 18.4. The van der Waals surface area contributed by atoms with E-state index in [1.54, 1.807) is 6.92 Å². The van der Waals surface area contributed by atoms with Gasteiger partial charge in [-0.3, -0.25) is 4.79 Å². The number of carboxylic acids is 2. The van der Waals surface area contributed by atoms with Crippen molar-refractivity contribution in [3.63, 3.8) is 0 Å². The molecule has 0 unspecified atom stereocenters. The second-order valence-electron chi connectivity index (χ2n) is 8.70. The van der Waals surface area contributed by atoms with Crippen LogP contribution in [0, 0.1) is 18.8 Å². The van der Waals surface area contributed by atoms with Gasteiger partial charge in [0.05, 0.1) is 12.2 Å². The highest BCUT2D eigenvalue weighted by Gasteiger charge is 2.22. The highest BCUT2D eigenvalue weighted by atomic mass is 16.5. The summed E-state index contributed by atoms with van der Waals surface area (Å²) in [4.78, 5) is 36.6. The van der Waals surface area contributed by atoms with E-state index < -0.39 is 18.5 Å². The molecule has 1 amide bonds. The minimum absolute atomic E-state index is 0.0652. The number of anilines is 1. The Morgan fingerprint density at radius 3 is 2.22 bits per heavy atom. The molecule has 0 aliphatic heterocycles. The molecule has 2 aromatic rings. The number of hydrogen-bond donors (Lipinski definition) is 2. The summed E-state index contributed by atoms with van der Waals surface area (Å²) < 4.78 is 5.27. The number of rotatable bonds is 13. The predicted octanol–water partition coefficient (Wildman–Crippen LogP) is 5.81. The number of benzene rings is 2. The Morgan fingerprint density at radius 1 is 0.944 bits per heavy atom. The van der Waals surface area contributed by atoms with Gasteiger partial charge in [-0.05, 0) is 43.2 Å². The van der Waals surface area contributed by atoms with Crippen LogP contribution in [0.25, 0.3) is 0 Å². The summed E-state index contributed by atoms with van der Waals surface area (Å²) in [7, 11) is 0. The van der Waals surface area contributed by atoms with E-state index in [9.17, 15) is 19.5 Å². The maximum Gasteiger partial charge on any atom is 0.341 e. The van der Waals surface area contributed by atoms with E-state index >= 15 is 0 Å². The molecule has 192 valence electrons. The van der Waals surface area contributed by atoms with Gasteiger partial charge in [-0.25, -0.2) is 9.59 Å². The number of aliphatic carboxylic acids is 1. The number of carboxylic acid groups (broad SMARTS) is 2. The Kier molecular flexibility index (Phi) is 11.5. The zero-order valence-corrected chi connectivity index (χ0v) is 21.3. The largest absolute Gasteiger partial charge is 0.481 e. The van der Waals surface area contributed by atoms with Crippen LogP contribution in [-0.4, -0.2) is 34.7 Å². The van der Waals surface area contributed by atoms with E-state index in [1.807, 2.05) is 24.3 Å². The molecule has 36 heavy (non-hydrogen) atoms. The Balaban J connectivity index is 2.13. The molecule has 0 heterocycles. The second kappa shape index (κ2) is 14.6. The molecular formula is C29H35NO6. The van der Waals surface area contributed by atoms with Gasteiger partial charge in [-0.1, -0.05) is 63.0 Å². The lowest BCUT2D eigenvalue weighted by molar-refractivity contribution is -0.139. The zero-order chi connectivity index (χ0) is 26.5. The lowest BCUT2D eigenvalue weighted by atomic mass is 10.0. The Labute approximate surface area is 213 Å². The number of hydrogen-bond acceptors (Lipinski definition) is 4. The van der Waals surface area contributed by atoms with E-state index in [1.165, 1.54) is 56.1 Å². The van der Waals surface area contributed by atoms with E-state index in [4.69, 9.17) is 9.84 Å². The fourth-order valence-corrected chi connectivity index (χ4v) is 3.86. The van der Waals surface area contributed by atoms with Crippen LogP contribution in [0.2, 0.25) is 0 Å². The number of unbranched alkanes of at least 4 members (excludes halogenated alkanes) is 6. The summed E-state index contributed by atoms with van der Waals surface area (Å²) in [6.45, 7) is 4.81. The average molecular weight is 494 g/mol. The van der Waals surface area contributed by atoms with Gasteiger partial charge in [0.1, 0.15) is 11.3 Å². The molecule has 0 bridgehead atoms. The van der Waals surface area contributed by atoms with E-state index in [-0.39, 0.29) is 23.8 Å². The lowest BCUT2D eigenvalue weighted by Crippen LogP contribution is -2.29. The number of carbonyl (C=O) groups is 3. The van der Waals surface area contributed by atoms with Crippen LogP contribution in [-0.2, 0) is 16.1 Å². The molecule has 0 spiro atoms. The fourth-order valence-electron chi connectivity index (χ4n) is 3.86. The highest BCUT2D eigenvalue weighted by Crippen LogP contribution is 2.33. The van der Waals surface area contributed by atoms with Gasteiger partial charge < -0.3 is 19.8 Å². The molecule has 0 saturated carbocycles. The SMILES string of the molecule is CCCCCCCCC#Cc1ccc(CN(C(C)=O)c2ccc(C(=O)O)c(OCC(=O)O)c2C)cc1. The van der Waals surface area contributed by atoms with Gasteiger partial charge in [0.2, 0.25) is 5.91 Å². The van der Waals surface area contributed by atoms with Gasteiger partial charge in [0.15, 0.2) is 6.61 Å². The molecule has 0 saturated heterocycles. The van der Waals surface area contributed by atoms with Crippen LogP contribution in [0.1, 0.15) is 85.8 Å². The summed E-state index contributed by atoms with van der Waals surface area (Å²) in [5.41, 5.74) is 2.45. The van der Waals surface area contributed by atoms with Crippen molar-refractivity contribution in [1.29, 1.82) is 0 Å². The Bertz CT molecular complexity index is 1110. The van der Waals surface area contributed by atoms with Gasteiger partial charge in [0, 0.05) is 24.5 Å². The maximum absolute atomic E-state index is 12.5. The van der Waals surface area contributed by atoms with Crippen LogP contribution in [0.3, 0.4) is 0 Å².